The van der Waals surface area contributed by atoms with Gasteiger partial charge in [-0.1, -0.05) is 42.5 Å². The summed E-state index contributed by atoms with van der Waals surface area (Å²) >= 11 is 0. The predicted molar refractivity (Wildman–Crippen MR) is 127 cm³/mol. The predicted octanol–water partition coefficient (Wildman–Crippen LogP) is 4.56. The van der Waals surface area contributed by atoms with Crippen molar-refractivity contribution in [2.24, 2.45) is 0 Å². The lowest BCUT2D eigenvalue weighted by Crippen LogP contribution is -2.66. The van der Waals surface area contributed by atoms with Crippen LogP contribution >= 0.6 is 0 Å². The molecule has 0 unspecified atom stereocenters. The largest absolute Gasteiger partial charge is 0.497 e. The van der Waals surface area contributed by atoms with Gasteiger partial charge in [-0.05, 0) is 43.2 Å². The fourth-order valence-corrected chi connectivity index (χ4v) is 4.33. The number of halogens is 3. The maximum atomic E-state index is 14.9. The first-order valence-corrected chi connectivity index (χ1v) is 11.3. The molecule has 192 valence electrons. The third kappa shape index (κ3) is 4.62. The normalized spacial score (nSPS) is 17.8. The SMILES string of the molecule is COc1ccc(CCN2C(=O)[C@@](NC(=O)c3ccco3)(C(F)(F)F)C(C(=O)c3ccccc3)=C2C)cc1. The number of nitrogens with zero attached hydrogens (tertiary/aromatic N) is 1. The van der Waals surface area contributed by atoms with Crippen LogP contribution in [0.3, 0.4) is 0 Å². The monoisotopic (exact) mass is 512 g/mol. The molecule has 1 aromatic heterocycles. The first-order chi connectivity index (χ1) is 17.6. The molecule has 3 aromatic rings. The van der Waals surface area contributed by atoms with Gasteiger partial charge in [-0.25, -0.2) is 0 Å². The zero-order valence-corrected chi connectivity index (χ0v) is 20.0. The number of benzene rings is 2. The molecule has 0 saturated heterocycles. The lowest BCUT2D eigenvalue weighted by Gasteiger charge is -2.33. The van der Waals surface area contributed by atoms with E-state index in [1.165, 1.54) is 44.4 Å². The summed E-state index contributed by atoms with van der Waals surface area (Å²) in [5, 5.41) is 1.81. The van der Waals surface area contributed by atoms with Crippen LogP contribution in [0, 0.1) is 0 Å². The highest BCUT2D eigenvalue weighted by Gasteiger charge is 2.70. The van der Waals surface area contributed by atoms with E-state index < -0.39 is 40.6 Å². The summed E-state index contributed by atoms with van der Waals surface area (Å²) in [6.07, 6.45) is -4.04. The number of hydrogen-bond donors (Lipinski definition) is 1. The third-order valence-corrected chi connectivity index (χ3v) is 6.23. The van der Waals surface area contributed by atoms with Gasteiger partial charge in [0.25, 0.3) is 11.8 Å². The summed E-state index contributed by atoms with van der Waals surface area (Å²) in [6, 6.07) is 16.6. The molecule has 1 aliphatic rings. The minimum absolute atomic E-state index is 0.0532. The van der Waals surface area contributed by atoms with Crippen molar-refractivity contribution in [2.75, 3.05) is 13.7 Å². The topological polar surface area (TPSA) is 88.8 Å². The molecule has 0 fully saturated rings. The third-order valence-electron chi connectivity index (χ3n) is 6.23. The van der Waals surface area contributed by atoms with Gasteiger partial charge in [0.1, 0.15) is 5.75 Å². The Hall–Kier alpha value is -4.34. The zero-order valence-electron chi connectivity index (χ0n) is 20.0. The number of carbonyl (C=O) groups excluding carboxylic acids is 3. The molecule has 1 aliphatic heterocycles. The molecule has 1 N–H and O–H groups in total. The van der Waals surface area contributed by atoms with E-state index in [1.807, 2.05) is 5.32 Å². The van der Waals surface area contributed by atoms with E-state index in [0.717, 1.165) is 22.8 Å². The average molecular weight is 512 g/mol. The van der Waals surface area contributed by atoms with Crippen LogP contribution in [0.2, 0.25) is 0 Å². The fraction of sp³-hybridized carbons (Fsp3) is 0.222. The number of Topliss-reactive ketones (excluding diaryl/α,β-unsaturated/α-hetero) is 1. The fourth-order valence-electron chi connectivity index (χ4n) is 4.33. The Labute approximate surface area is 210 Å². The molecule has 4 rings (SSSR count). The smallest absolute Gasteiger partial charge is 0.425 e. The number of allylic oxidation sites excluding steroid dienone is 1. The number of rotatable bonds is 8. The van der Waals surface area contributed by atoms with Crippen molar-refractivity contribution in [2.45, 2.75) is 25.1 Å². The van der Waals surface area contributed by atoms with Gasteiger partial charge in [0, 0.05) is 17.8 Å². The molecular weight excluding hydrogens is 489 g/mol. The summed E-state index contributed by atoms with van der Waals surface area (Å²) in [5.41, 5.74) is -3.97. The van der Waals surface area contributed by atoms with Crippen molar-refractivity contribution in [1.82, 2.24) is 10.2 Å². The van der Waals surface area contributed by atoms with Crippen molar-refractivity contribution in [1.29, 1.82) is 0 Å². The lowest BCUT2D eigenvalue weighted by molar-refractivity contribution is -0.189. The van der Waals surface area contributed by atoms with Crippen molar-refractivity contribution in [3.63, 3.8) is 0 Å². The van der Waals surface area contributed by atoms with Crippen molar-refractivity contribution >= 4 is 17.6 Å². The van der Waals surface area contributed by atoms with Gasteiger partial charge in [-0.3, -0.25) is 14.4 Å². The van der Waals surface area contributed by atoms with Gasteiger partial charge in [-0.2, -0.15) is 13.2 Å². The molecule has 2 heterocycles. The Balaban J connectivity index is 1.79. The Morgan fingerprint density at radius 2 is 1.70 bits per heavy atom. The first kappa shape index (κ1) is 25.7. The highest BCUT2D eigenvalue weighted by atomic mass is 19.4. The molecule has 7 nitrogen and oxygen atoms in total. The van der Waals surface area contributed by atoms with Crippen LogP contribution in [0.4, 0.5) is 13.2 Å². The molecule has 2 amide bonds. The molecule has 0 bridgehead atoms. The molecular formula is C27H23F3N2O5. The van der Waals surface area contributed by atoms with Crippen LogP contribution < -0.4 is 10.1 Å². The van der Waals surface area contributed by atoms with Crippen molar-refractivity contribution in [3.05, 3.63) is 101 Å². The van der Waals surface area contributed by atoms with E-state index in [9.17, 15) is 27.6 Å². The van der Waals surface area contributed by atoms with Crippen LogP contribution in [-0.2, 0) is 11.2 Å². The van der Waals surface area contributed by atoms with Crippen LogP contribution in [0.1, 0.15) is 33.4 Å². The number of ether oxygens (including phenoxy) is 1. The molecule has 10 heteroatoms. The molecule has 0 saturated carbocycles. The number of ketones is 1. The second kappa shape index (κ2) is 9.96. The summed E-state index contributed by atoms with van der Waals surface area (Å²) in [4.78, 5) is 40.8. The number of amides is 2. The highest BCUT2D eigenvalue weighted by molar-refractivity contribution is 6.19. The summed E-state index contributed by atoms with van der Waals surface area (Å²) in [6.45, 7) is 1.12. The van der Waals surface area contributed by atoms with Gasteiger partial charge in [0.15, 0.2) is 11.5 Å². The van der Waals surface area contributed by atoms with Crippen LogP contribution in [0.15, 0.2) is 88.7 Å². The van der Waals surface area contributed by atoms with E-state index in [0.29, 0.717) is 5.75 Å². The minimum Gasteiger partial charge on any atom is -0.497 e. The number of furan rings is 1. The van der Waals surface area contributed by atoms with E-state index in [2.05, 4.69) is 0 Å². The maximum absolute atomic E-state index is 14.9. The first-order valence-electron chi connectivity index (χ1n) is 11.3. The lowest BCUT2D eigenvalue weighted by atomic mass is 9.84. The van der Waals surface area contributed by atoms with E-state index in [1.54, 1.807) is 30.3 Å². The minimum atomic E-state index is -5.35. The van der Waals surface area contributed by atoms with Gasteiger partial charge in [0.2, 0.25) is 5.54 Å². The average Bonchev–Trinajstić information content (AvgIpc) is 3.49. The zero-order chi connectivity index (χ0) is 26.8. The Morgan fingerprint density at radius 3 is 2.27 bits per heavy atom. The van der Waals surface area contributed by atoms with E-state index in [4.69, 9.17) is 9.15 Å². The van der Waals surface area contributed by atoms with Crippen LogP contribution in [0.5, 0.6) is 5.75 Å². The van der Waals surface area contributed by atoms with Crippen molar-refractivity contribution < 1.29 is 36.7 Å². The van der Waals surface area contributed by atoms with Gasteiger partial charge >= 0.3 is 6.18 Å². The molecule has 37 heavy (non-hydrogen) atoms. The Bertz CT molecular complexity index is 1330. The summed E-state index contributed by atoms with van der Waals surface area (Å²) in [7, 11) is 1.51. The second-order valence-electron chi connectivity index (χ2n) is 8.39. The molecule has 1 atom stereocenters. The Kier molecular flexibility index (Phi) is 6.93. The van der Waals surface area contributed by atoms with E-state index in [-0.39, 0.29) is 24.2 Å². The van der Waals surface area contributed by atoms with E-state index >= 15 is 0 Å². The summed E-state index contributed by atoms with van der Waals surface area (Å²) < 4.78 is 54.7. The number of methoxy groups -OCH3 is 1. The highest BCUT2D eigenvalue weighted by Crippen LogP contribution is 2.46. The van der Waals surface area contributed by atoms with Gasteiger partial charge < -0.3 is 19.4 Å². The van der Waals surface area contributed by atoms with Gasteiger partial charge in [0.05, 0.1) is 18.9 Å². The maximum Gasteiger partial charge on any atom is 0.425 e. The number of hydrogen-bond acceptors (Lipinski definition) is 5. The molecule has 0 radical (unpaired) electrons. The second-order valence-corrected chi connectivity index (χ2v) is 8.39. The van der Waals surface area contributed by atoms with Crippen molar-refractivity contribution in [3.8, 4) is 5.75 Å². The molecule has 2 aromatic carbocycles. The molecule has 0 spiro atoms. The molecule has 0 aliphatic carbocycles. The quantitative estimate of drug-likeness (QED) is 0.447. The standard InChI is InChI=1S/C27H23F3N2O5/c1-17-22(23(33)19-7-4-3-5-8-19)26(27(28,29)30,31-24(34)21-9-6-16-37-21)25(35)32(17)15-14-18-10-12-20(36-2)13-11-18/h3-13,16H,14-15H2,1-2H3,(H,31,34)/t26-/m1/s1. The van der Waals surface area contributed by atoms with Crippen LogP contribution in [-0.4, -0.2) is 47.9 Å². The summed E-state index contributed by atoms with van der Waals surface area (Å²) in [5.74, 6) is -3.60. The number of carbonyl (C=O) groups is 3. The number of nitrogens with one attached hydrogen (secondary N) is 1. The Morgan fingerprint density at radius 1 is 1.03 bits per heavy atom. The number of alkyl halides is 3. The van der Waals surface area contributed by atoms with Gasteiger partial charge in [-0.15, -0.1) is 0 Å². The van der Waals surface area contributed by atoms with Crippen LogP contribution in [0.25, 0.3) is 0 Å².